The molecule has 0 amide bonds. The minimum Gasteiger partial charge on any atom is -0.390 e. The summed E-state index contributed by atoms with van der Waals surface area (Å²) in [5.74, 6) is 0.522. The topological polar surface area (TPSA) is 32.8 Å². The lowest BCUT2D eigenvalue weighted by molar-refractivity contribution is 0.0585. The van der Waals surface area contributed by atoms with Crippen molar-refractivity contribution in [3.63, 3.8) is 0 Å². The number of rotatable bonds is 2. The molecule has 0 aromatic heterocycles. The van der Waals surface area contributed by atoms with Crippen LogP contribution in [0.1, 0.15) is 39.0 Å². The van der Waals surface area contributed by atoms with Crippen molar-refractivity contribution in [1.29, 1.82) is 0 Å². The lowest BCUT2D eigenvalue weighted by Crippen LogP contribution is -2.28. The minimum absolute atomic E-state index is 0.160. The molecular formula is C10H18O2. The van der Waals surface area contributed by atoms with Gasteiger partial charge in [0.1, 0.15) is 6.10 Å². The minimum atomic E-state index is -0.180. The molecule has 2 rings (SSSR count). The van der Waals surface area contributed by atoms with Crippen LogP contribution in [0.2, 0.25) is 0 Å². The lowest BCUT2D eigenvalue weighted by atomic mass is 9.84. The van der Waals surface area contributed by atoms with Gasteiger partial charge in [0.05, 0.1) is 12.2 Å². The van der Waals surface area contributed by atoms with Crippen LogP contribution in [-0.4, -0.2) is 23.4 Å². The quantitative estimate of drug-likeness (QED) is 0.640. The number of epoxide rings is 1. The first kappa shape index (κ1) is 8.52. The molecule has 0 unspecified atom stereocenters. The van der Waals surface area contributed by atoms with E-state index in [9.17, 15) is 5.11 Å². The summed E-state index contributed by atoms with van der Waals surface area (Å²) in [6, 6.07) is 0. The van der Waals surface area contributed by atoms with Gasteiger partial charge in [0.2, 0.25) is 0 Å². The SMILES string of the molecule is C[C@@H]1O[C@H]1[C@H](O)C1CCCCC1. The Kier molecular flexibility index (Phi) is 2.37. The van der Waals surface area contributed by atoms with Gasteiger partial charge >= 0.3 is 0 Å². The van der Waals surface area contributed by atoms with Crippen molar-refractivity contribution in [1.82, 2.24) is 0 Å². The van der Waals surface area contributed by atoms with Gasteiger partial charge in [0.15, 0.2) is 0 Å². The number of aliphatic hydroxyl groups excluding tert-OH is 1. The molecule has 0 aromatic carbocycles. The van der Waals surface area contributed by atoms with Gasteiger partial charge in [-0.3, -0.25) is 0 Å². The summed E-state index contributed by atoms with van der Waals surface area (Å²) < 4.78 is 5.28. The normalized spacial score (nSPS) is 39.5. The summed E-state index contributed by atoms with van der Waals surface area (Å²) >= 11 is 0. The fourth-order valence-electron chi connectivity index (χ4n) is 2.30. The van der Waals surface area contributed by atoms with Crippen LogP contribution >= 0.6 is 0 Å². The van der Waals surface area contributed by atoms with Gasteiger partial charge in [-0.1, -0.05) is 19.3 Å². The highest BCUT2D eigenvalue weighted by Crippen LogP contribution is 2.35. The number of ether oxygens (including phenoxy) is 1. The van der Waals surface area contributed by atoms with Crippen molar-refractivity contribution in [2.24, 2.45) is 5.92 Å². The Morgan fingerprint density at radius 2 is 1.83 bits per heavy atom. The van der Waals surface area contributed by atoms with E-state index >= 15 is 0 Å². The van der Waals surface area contributed by atoms with E-state index in [2.05, 4.69) is 0 Å². The monoisotopic (exact) mass is 170 g/mol. The number of hydrogen-bond donors (Lipinski definition) is 1. The molecule has 2 heteroatoms. The van der Waals surface area contributed by atoms with E-state index in [0.29, 0.717) is 12.0 Å². The van der Waals surface area contributed by atoms with Crippen LogP contribution in [0.5, 0.6) is 0 Å². The molecule has 1 saturated carbocycles. The molecule has 1 aliphatic heterocycles. The van der Waals surface area contributed by atoms with Crippen molar-refractivity contribution >= 4 is 0 Å². The zero-order valence-electron chi connectivity index (χ0n) is 7.70. The van der Waals surface area contributed by atoms with Gasteiger partial charge in [-0.25, -0.2) is 0 Å². The van der Waals surface area contributed by atoms with E-state index < -0.39 is 0 Å². The molecule has 1 heterocycles. The first-order valence-electron chi connectivity index (χ1n) is 5.12. The third kappa shape index (κ3) is 1.64. The summed E-state index contributed by atoms with van der Waals surface area (Å²) in [7, 11) is 0. The van der Waals surface area contributed by atoms with Crippen molar-refractivity contribution in [3.8, 4) is 0 Å². The maximum Gasteiger partial charge on any atom is 0.110 e. The Morgan fingerprint density at radius 3 is 2.33 bits per heavy atom. The molecule has 0 spiro atoms. The second kappa shape index (κ2) is 3.35. The van der Waals surface area contributed by atoms with Crippen LogP contribution in [0.4, 0.5) is 0 Å². The van der Waals surface area contributed by atoms with Gasteiger partial charge in [-0.2, -0.15) is 0 Å². The summed E-state index contributed by atoms with van der Waals surface area (Å²) in [5.41, 5.74) is 0. The van der Waals surface area contributed by atoms with E-state index in [1.807, 2.05) is 6.92 Å². The number of hydrogen-bond acceptors (Lipinski definition) is 2. The first-order valence-corrected chi connectivity index (χ1v) is 5.12. The van der Waals surface area contributed by atoms with Crippen LogP contribution in [0.3, 0.4) is 0 Å². The van der Waals surface area contributed by atoms with E-state index in [4.69, 9.17) is 4.74 Å². The second-order valence-corrected chi connectivity index (χ2v) is 4.19. The van der Waals surface area contributed by atoms with Crippen molar-refractivity contribution < 1.29 is 9.84 Å². The molecule has 2 fully saturated rings. The van der Waals surface area contributed by atoms with Crippen molar-refractivity contribution in [2.75, 3.05) is 0 Å². The molecular weight excluding hydrogens is 152 g/mol. The van der Waals surface area contributed by atoms with Gasteiger partial charge in [0.25, 0.3) is 0 Å². The zero-order valence-corrected chi connectivity index (χ0v) is 7.70. The predicted molar refractivity (Wildman–Crippen MR) is 46.9 cm³/mol. The van der Waals surface area contributed by atoms with Gasteiger partial charge in [0, 0.05) is 0 Å². The smallest absolute Gasteiger partial charge is 0.110 e. The average Bonchev–Trinajstić information content (AvgIpc) is 2.83. The van der Waals surface area contributed by atoms with Gasteiger partial charge < -0.3 is 9.84 Å². The maximum atomic E-state index is 9.86. The lowest BCUT2D eigenvalue weighted by Gasteiger charge is -2.25. The fourth-order valence-corrected chi connectivity index (χ4v) is 2.30. The molecule has 0 bridgehead atoms. The van der Waals surface area contributed by atoms with Crippen molar-refractivity contribution in [2.45, 2.75) is 57.3 Å². The Morgan fingerprint density at radius 1 is 1.25 bits per heavy atom. The van der Waals surface area contributed by atoms with Gasteiger partial charge in [-0.15, -0.1) is 0 Å². The molecule has 1 aliphatic carbocycles. The molecule has 12 heavy (non-hydrogen) atoms. The van der Waals surface area contributed by atoms with E-state index in [1.54, 1.807) is 0 Å². The van der Waals surface area contributed by atoms with E-state index in [-0.39, 0.29) is 12.2 Å². The Bertz CT molecular complexity index is 152. The van der Waals surface area contributed by atoms with E-state index in [1.165, 1.54) is 32.1 Å². The fraction of sp³-hybridized carbons (Fsp3) is 1.00. The second-order valence-electron chi connectivity index (χ2n) is 4.19. The molecule has 2 nitrogen and oxygen atoms in total. The summed E-state index contributed by atoms with van der Waals surface area (Å²) in [4.78, 5) is 0. The van der Waals surface area contributed by atoms with Gasteiger partial charge in [-0.05, 0) is 25.7 Å². The standard InChI is InChI=1S/C10H18O2/c1-7-10(12-7)9(11)8-5-3-2-4-6-8/h7-11H,2-6H2,1H3/t7-,9+,10+/m0/s1. The molecule has 1 saturated heterocycles. The third-order valence-corrected chi connectivity index (χ3v) is 3.23. The Hall–Kier alpha value is -0.0800. The average molecular weight is 170 g/mol. The maximum absolute atomic E-state index is 9.86. The molecule has 70 valence electrons. The Labute approximate surface area is 73.9 Å². The third-order valence-electron chi connectivity index (χ3n) is 3.23. The largest absolute Gasteiger partial charge is 0.390 e. The van der Waals surface area contributed by atoms with E-state index in [0.717, 1.165) is 0 Å². The zero-order chi connectivity index (χ0) is 8.55. The first-order chi connectivity index (χ1) is 5.79. The molecule has 1 N–H and O–H groups in total. The van der Waals surface area contributed by atoms with Crippen molar-refractivity contribution in [3.05, 3.63) is 0 Å². The highest BCUT2D eigenvalue weighted by molar-refractivity contribution is 4.91. The molecule has 2 aliphatic rings. The summed E-state index contributed by atoms with van der Waals surface area (Å²) in [6.07, 6.45) is 6.63. The molecule has 0 radical (unpaired) electrons. The highest BCUT2D eigenvalue weighted by Gasteiger charge is 2.43. The summed E-state index contributed by atoms with van der Waals surface area (Å²) in [6.45, 7) is 2.04. The van der Waals surface area contributed by atoms with Crippen LogP contribution in [0.15, 0.2) is 0 Å². The van der Waals surface area contributed by atoms with Crippen LogP contribution < -0.4 is 0 Å². The summed E-state index contributed by atoms with van der Waals surface area (Å²) in [5, 5.41) is 9.86. The molecule has 0 aromatic rings. The number of aliphatic hydroxyl groups is 1. The molecule has 3 atom stereocenters. The highest BCUT2D eigenvalue weighted by atomic mass is 16.6. The van der Waals surface area contributed by atoms with Crippen LogP contribution in [0.25, 0.3) is 0 Å². The Balaban J connectivity index is 1.82. The van der Waals surface area contributed by atoms with Crippen LogP contribution in [-0.2, 0) is 4.74 Å². The van der Waals surface area contributed by atoms with Crippen LogP contribution in [0, 0.1) is 5.92 Å². The predicted octanol–water partition coefficient (Wildman–Crippen LogP) is 1.71.